The molecule has 168 valence electrons. The summed E-state index contributed by atoms with van der Waals surface area (Å²) in [5, 5.41) is 14.7. The van der Waals surface area contributed by atoms with Gasteiger partial charge in [0.05, 0.1) is 0 Å². The molecule has 0 unspecified atom stereocenters. The highest BCUT2D eigenvalue weighted by atomic mass is 19.1. The fraction of sp³-hybridized carbons (Fsp3) is 0.381. The van der Waals surface area contributed by atoms with Crippen molar-refractivity contribution in [2.45, 2.75) is 24.9 Å². The largest absolute Gasteiger partial charge is 0.365 e. The molecular weight excluding hydrogens is 413 g/mol. The van der Waals surface area contributed by atoms with Crippen molar-refractivity contribution in [1.82, 2.24) is 29.9 Å². The fourth-order valence-electron chi connectivity index (χ4n) is 4.21. The number of hydrogen-bond acceptors (Lipinski definition) is 6. The SMILES string of the molecule is C=[N+](C)CC1(n2cc(C(N)=O)c(Nc3ccnc(F)c3)n2)CCN(Cc2ccn[nH]2)CC1. The standard InChI is InChI=1S/C21H26FN9O/c1-29(2)14-21(5-9-30(10-6-21)12-16-4-8-25-27-16)31-13-17(19(23)32)20(28-31)26-15-3-7-24-18(22)11-15/h3-4,7-8,11,13H,1,5-6,9-10,12,14H2,2H3,(H3-,23,24,25,26,27,28,32)/p+1. The molecule has 1 amide bonds. The van der Waals surface area contributed by atoms with Crippen molar-refractivity contribution in [2.75, 3.05) is 32.0 Å². The van der Waals surface area contributed by atoms with Gasteiger partial charge in [0.2, 0.25) is 5.95 Å². The van der Waals surface area contributed by atoms with Gasteiger partial charge in [-0.2, -0.15) is 14.6 Å². The molecule has 1 aliphatic heterocycles. The van der Waals surface area contributed by atoms with Gasteiger partial charge >= 0.3 is 0 Å². The van der Waals surface area contributed by atoms with Gasteiger partial charge < -0.3 is 11.1 Å². The molecule has 10 nitrogen and oxygen atoms in total. The molecule has 1 aliphatic rings. The molecular formula is C21H27FN9O+. The normalized spacial score (nSPS) is 16.1. The molecule has 1 fully saturated rings. The number of aromatic nitrogens is 5. The highest BCUT2D eigenvalue weighted by Crippen LogP contribution is 2.33. The van der Waals surface area contributed by atoms with Gasteiger partial charge in [-0.25, -0.2) is 9.56 Å². The molecule has 32 heavy (non-hydrogen) atoms. The van der Waals surface area contributed by atoms with Crippen LogP contribution in [0.1, 0.15) is 28.9 Å². The van der Waals surface area contributed by atoms with E-state index in [4.69, 9.17) is 5.73 Å². The molecule has 4 N–H and O–H groups in total. The molecule has 0 spiro atoms. The Morgan fingerprint density at radius 3 is 2.78 bits per heavy atom. The van der Waals surface area contributed by atoms with Crippen LogP contribution in [0.4, 0.5) is 15.9 Å². The molecule has 0 radical (unpaired) electrons. The number of halogens is 1. The van der Waals surface area contributed by atoms with E-state index in [-0.39, 0.29) is 16.9 Å². The maximum atomic E-state index is 13.5. The molecule has 3 aromatic heterocycles. The number of rotatable bonds is 8. The lowest BCUT2D eigenvalue weighted by atomic mass is 9.87. The number of anilines is 2. The number of carbonyl (C=O) groups is 1. The minimum atomic E-state index is -0.630. The Labute approximate surface area is 184 Å². The van der Waals surface area contributed by atoms with Gasteiger partial charge in [0, 0.05) is 55.7 Å². The summed E-state index contributed by atoms with van der Waals surface area (Å²) in [7, 11) is 1.91. The van der Waals surface area contributed by atoms with E-state index in [2.05, 4.69) is 37.2 Å². The lowest BCUT2D eigenvalue weighted by Gasteiger charge is -2.40. The number of nitrogens with zero attached hydrogens (tertiary/aromatic N) is 6. The van der Waals surface area contributed by atoms with Gasteiger partial charge in [-0.15, -0.1) is 0 Å². The van der Waals surface area contributed by atoms with Crippen LogP contribution in [-0.2, 0) is 12.1 Å². The number of piperidine rings is 1. The predicted molar refractivity (Wildman–Crippen MR) is 117 cm³/mol. The van der Waals surface area contributed by atoms with E-state index in [1.165, 1.54) is 12.3 Å². The summed E-state index contributed by atoms with van der Waals surface area (Å²) in [5.41, 5.74) is 7.00. The molecule has 11 heteroatoms. The molecule has 1 saturated heterocycles. The summed E-state index contributed by atoms with van der Waals surface area (Å²) in [6.07, 6.45) is 6.39. The summed E-state index contributed by atoms with van der Waals surface area (Å²) < 4.78 is 17.2. The zero-order valence-corrected chi connectivity index (χ0v) is 18.0. The van der Waals surface area contributed by atoms with Crippen LogP contribution in [0.5, 0.6) is 0 Å². The van der Waals surface area contributed by atoms with Crippen molar-refractivity contribution in [1.29, 1.82) is 0 Å². The number of H-pyrrole nitrogens is 1. The van der Waals surface area contributed by atoms with Crippen LogP contribution in [0.25, 0.3) is 0 Å². The number of pyridine rings is 1. The van der Waals surface area contributed by atoms with E-state index in [9.17, 15) is 9.18 Å². The van der Waals surface area contributed by atoms with E-state index in [1.54, 1.807) is 18.5 Å². The summed E-state index contributed by atoms with van der Waals surface area (Å²) in [5.74, 6) is -0.952. The van der Waals surface area contributed by atoms with Crippen LogP contribution in [0, 0.1) is 5.95 Å². The van der Waals surface area contributed by atoms with E-state index < -0.39 is 11.9 Å². The Morgan fingerprint density at radius 2 is 2.16 bits per heavy atom. The zero-order valence-electron chi connectivity index (χ0n) is 18.0. The Balaban J connectivity index is 1.60. The Hall–Kier alpha value is -3.60. The van der Waals surface area contributed by atoms with Crippen molar-refractivity contribution in [2.24, 2.45) is 5.73 Å². The molecule has 0 aromatic carbocycles. The second kappa shape index (κ2) is 8.87. The lowest BCUT2D eigenvalue weighted by Crippen LogP contribution is -2.50. The number of likely N-dealkylation sites (tertiary alicyclic amines) is 1. The quantitative estimate of drug-likeness (QED) is 0.276. The molecule has 4 heterocycles. The third kappa shape index (κ3) is 4.67. The Kier molecular flexibility index (Phi) is 5.99. The number of nitrogens with two attached hydrogens (primary N) is 1. The van der Waals surface area contributed by atoms with Crippen LogP contribution < -0.4 is 11.1 Å². The average molecular weight is 441 g/mol. The second-order valence-electron chi connectivity index (χ2n) is 8.29. The van der Waals surface area contributed by atoms with Gasteiger partial charge in [0.25, 0.3) is 5.91 Å². The van der Waals surface area contributed by atoms with Crippen molar-refractivity contribution in [3.05, 3.63) is 54.0 Å². The van der Waals surface area contributed by atoms with Gasteiger partial charge in [-0.3, -0.25) is 19.5 Å². The van der Waals surface area contributed by atoms with Crippen molar-refractivity contribution >= 4 is 24.1 Å². The summed E-state index contributed by atoms with van der Waals surface area (Å²) in [6.45, 7) is 7.16. The third-order valence-corrected chi connectivity index (χ3v) is 5.76. The van der Waals surface area contributed by atoms with Crippen LogP contribution in [0.15, 0.2) is 36.8 Å². The minimum Gasteiger partial charge on any atom is -0.365 e. The van der Waals surface area contributed by atoms with Crippen LogP contribution >= 0.6 is 0 Å². The number of nitrogens with one attached hydrogen (secondary N) is 2. The van der Waals surface area contributed by atoms with E-state index in [0.29, 0.717) is 12.2 Å². The highest BCUT2D eigenvalue weighted by Gasteiger charge is 2.41. The monoisotopic (exact) mass is 440 g/mol. The van der Waals surface area contributed by atoms with Gasteiger partial charge in [-0.05, 0) is 25.0 Å². The van der Waals surface area contributed by atoms with Crippen molar-refractivity contribution in [3.8, 4) is 0 Å². The molecule has 0 atom stereocenters. The molecule has 0 saturated carbocycles. The maximum absolute atomic E-state index is 13.5. The summed E-state index contributed by atoms with van der Waals surface area (Å²) in [6, 6.07) is 4.80. The Bertz CT molecular complexity index is 1100. The van der Waals surface area contributed by atoms with E-state index in [0.717, 1.165) is 38.2 Å². The molecule has 3 aromatic rings. The molecule has 4 rings (SSSR count). The zero-order chi connectivity index (χ0) is 22.7. The first-order valence-electron chi connectivity index (χ1n) is 10.4. The molecule has 0 aliphatic carbocycles. The first-order valence-corrected chi connectivity index (χ1v) is 10.4. The van der Waals surface area contributed by atoms with Crippen LogP contribution in [-0.4, -0.2) is 73.7 Å². The van der Waals surface area contributed by atoms with Gasteiger partial charge in [0.1, 0.15) is 24.9 Å². The number of amides is 1. The van der Waals surface area contributed by atoms with E-state index >= 15 is 0 Å². The van der Waals surface area contributed by atoms with E-state index in [1.807, 2.05) is 22.4 Å². The number of hydrogen-bond donors (Lipinski definition) is 3. The maximum Gasteiger partial charge on any atom is 0.254 e. The minimum absolute atomic E-state index is 0.244. The summed E-state index contributed by atoms with van der Waals surface area (Å²) in [4.78, 5) is 18.0. The topological polar surface area (TPSA) is 121 Å². The average Bonchev–Trinajstić information content (AvgIpc) is 3.39. The summed E-state index contributed by atoms with van der Waals surface area (Å²) >= 11 is 0. The van der Waals surface area contributed by atoms with Gasteiger partial charge in [-0.1, -0.05) is 0 Å². The first kappa shape index (κ1) is 21.6. The number of likely N-dealkylation sites (N-methyl/N-ethyl adjacent to an activating group) is 1. The Morgan fingerprint density at radius 1 is 1.38 bits per heavy atom. The molecule has 0 bridgehead atoms. The number of aromatic amines is 1. The van der Waals surface area contributed by atoms with Gasteiger partial charge in [0.15, 0.2) is 12.4 Å². The first-order chi connectivity index (χ1) is 15.3. The second-order valence-corrected chi connectivity index (χ2v) is 8.29. The van der Waals surface area contributed by atoms with Crippen LogP contribution in [0.3, 0.4) is 0 Å². The predicted octanol–water partition coefficient (Wildman–Crippen LogP) is 1.32. The fourth-order valence-corrected chi connectivity index (χ4v) is 4.21. The van der Waals surface area contributed by atoms with Crippen LogP contribution in [0.2, 0.25) is 0 Å². The number of primary amides is 1. The smallest absolute Gasteiger partial charge is 0.254 e. The third-order valence-electron chi connectivity index (χ3n) is 5.76. The number of carbonyl (C=O) groups excluding carboxylic acids is 1. The van der Waals surface area contributed by atoms with Crippen molar-refractivity contribution < 1.29 is 13.8 Å². The lowest BCUT2D eigenvalue weighted by molar-refractivity contribution is -0.504. The highest BCUT2D eigenvalue weighted by molar-refractivity contribution is 5.98. The van der Waals surface area contributed by atoms with Crippen molar-refractivity contribution in [3.63, 3.8) is 0 Å².